The Morgan fingerprint density at radius 2 is 2.32 bits per heavy atom. The van der Waals surface area contributed by atoms with Crippen molar-refractivity contribution >= 4 is 5.91 Å². The van der Waals surface area contributed by atoms with Crippen LogP contribution in [0.4, 0.5) is 0 Å². The summed E-state index contributed by atoms with van der Waals surface area (Å²) in [5.74, 6) is -0.0673. The summed E-state index contributed by atoms with van der Waals surface area (Å²) in [5.41, 5.74) is 1.21. The van der Waals surface area contributed by atoms with Gasteiger partial charge in [-0.1, -0.05) is 6.07 Å². The van der Waals surface area contributed by atoms with Crippen LogP contribution in [0.2, 0.25) is 0 Å². The molecule has 0 aliphatic rings. The molecule has 0 spiro atoms. The van der Waals surface area contributed by atoms with Crippen molar-refractivity contribution in [3.8, 4) is 5.75 Å². The zero-order valence-electron chi connectivity index (χ0n) is 11.0. The molecule has 19 heavy (non-hydrogen) atoms. The molecule has 1 aromatic carbocycles. The van der Waals surface area contributed by atoms with Crippen LogP contribution in [-0.4, -0.2) is 26.8 Å². The molecular formula is C14H17N3O2. The van der Waals surface area contributed by atoms with Crippen LogP contribution in [0.3, 0.4) is 0 Å². The number of phenols is 1. The number of aryl methyl sites for hydroxylation is 1. The maximum absolute atomic E-state index is 12.0. The number of hydrogen-bond donors (Lipinski definition) is 2. The van der Waals surface area contributed by atoms with E-state index in [0.717, 1.165) is 5.56 Å². The minimum absolute atomic E-state index is 0.0455. The highest BCUT2D eigenvalue weighted by Crippen LogP contribution is 2.17. The van der Waals surface area contributed by atoms with E-state index < -0.39 is 0 Å². The van der Waals surface area contributed by atoms with Gasteiger partial charge in [0.05, 0.1) is 6.54 Å². The van der Waals surface area contributed by atoms with E-state index in [9.17, 15) is 9.90 Å². The summed E-state index contributed by atoms with van der Waals surface area (Å²) < 4.78 is 1.76. The molecule has 1 amide bonds. The molecule has 1 aromatic heterocycles. The average Bonchev–Trinajstić information content (AvgIpc) is 2.85. The van der Waals surface area contributed by atoms with Crippen LogP contribution in [0.5, 0.6) is 5.75 Å². The van der Waals surface area contributed by atoms with E-state index in [1.165, 1.54) is 6.07 Å². The molecule has 2 aromatic rings. The lowest BCUT2D eigenvalue weighted by Gasteiger charge is -2.14. The summed E-state index contributed by atoms with van der Waals surface area (Å²) in [7, 11) is 0. The summed E-state index contributed by atoms with van der Waals surface area (Å²) in [4.78, 5) is 12.0. The van der Waals surface area contributed by atoms with Gasteiger partial charge in [0.2, 0.25) is 0 Å². The first kappa shape index (κ1) is 13.1. The molecule has 2 N–H and O–H groups in total. The summed E-state index contributed by atoms with van der Waals surface area (Å²) in [6.45, 7) is 4.31. The van der Waals surface area contributed by atoms with E-state index in [1.54, 1.807) is 29.9 Å². The van der Waals surface area contributed by atoms with Gasteiger partial charge in [0.25, 0.3) is 5.91 Å². The van der Waals surface area contributed by atoms with E-state index in [2.05, 4.69) is 10.4 Å². The van der Waals surface area contributed by atoms with Gasteiger partial charge in [0.1, 0.15) is 5.75 Å². The Hall–Kier alpha value is -2.30. The molecule has 5 nitrogen and oxygen atoms in total. The van der Waals surface area contributed by atoms with Crippen molar-refractivity contribution < 1.29 is 9.90 Å². The Morgan fingerprint density at radius 1 is 1.53 bits per heavy atom. The molecule has 0 aliphatic carbocycles. The fourth-order valence-corrected chi connectivity index (χ4v) is 1.79. The second kappa shape index (κ2) is 5.56. The second-order valence-electron chi connectivity index (χ2n) is 4.60. The molecular weight excluding hydrogens is 242 g/mol. The van der Waals surface area contributed by atoms with Crippen LogP contribution < -0.4 is 5.32 Å². The highest BCUT2D eigenvalue weighted by molar-refractivity contribution is 5.94. The van der Waals surface area contributed by atoms with Gasteiger partial charge in [0, 0.05) is 24.0 Å². The third-order valence-corrected chi connectivity index (χ3v) is 2.87. The number of aromatic hydroxyl groups is 1. The molecule has 5 heteroatoms. The average molecular weight is 259 g/mol. The Kier molecular flexibility index (Phi) is 3.85. The monoisotopic (exact) mass is 259 g/mol. The SMILES string of the molecule is Cc1ccc(C(=O)NC(C)Cn2cccn2)cc1O. The van der Waals surface area contributed by atoms with E-state index in [-0.39, 0.29) is 17.7 Å². The quantitative estimate of drug-likeness (QED) is 0.878. The lowest BCUT2D eigenvalue weighted by Crippen LogP contribution is -2.35. The van der Waals surface area contributed by atoms with E-state index in [4.69, 9.17) is 0 Å². The molecule has 0 saturated carbocycles. The molecule has 1 unspecified atom stereocenters. The molecule has 2 rings (SSSR count). The molecule has 0 aliphatic heterocycles. The lowest BCUT2D eigenvalue weighted by atomic mass is 10.1. The number of carbonyl (C=O) groups is 1. The predicted octanol–water partition coefficient (Wildman–Crippen LogP) is 1.72. The van der Waals surface area contributed by atoms with Crippen LogP contribution in [0.1, 0.15) is 22.8 Å². The first-order valence-corrected chi connectivity index (χ1v) is 6.14. The van der Waals surface area contributed by atoms with Gasteiger partial charge in [-0.3, -0.25) is 9.48 Å². The zero-order chi connectivity index (χ0) is 13.8. The summed E-state index contributed by atoms with van der Waals surface area (Å²) in [6.07, 6.45) is 3.55. The van der Waals surface area contributed by atoms with Crippen molar-refractivity contribution in [2.75, 3.05) is 0 Å². The van der Waals surface area contributed by atoms with Gasteiger partial charge in [-0.15, -0.1) is 0 Å². The van der Waals surface area contributed by atoms with Crippen LogP contribution >= 0.6 is 0 Å². The van der Waals surface area contributed by atoms with Crippen LogP contribution in [0, 0.1) is 6.92 Å². The molecule has 0 saturated heterocycles. The number of amides is 1. The fraction of sp³-hybridized carbons (Fsp3) is 0.286. The topological polar surface area (TPSA) is 67.2 Å². The number of nitrogens with zero attached hydrogens (tertiary/aromatic N) is 2. The highest BCUT2D eigenvalue weighted by atomic mass is 16.3. The first-order chi connectivity index (χ1) is 9.06. The van der Waals surface area contributed by atoms with Gasteiger partial charge in [-0.25, -0.2) is 0 Å². The Labute approximate surface area is 111 Å². The van der Waals surface area contributed by atoms with Gasteiger partial charge in [-0.05, 0) is 37.6 Å². The minimum atomic E-state index is -0.199. The number of rotatable bonds is 4. The maximum Gasteiger partial charge on any atom is 0.251 e. The number of hydrogen-bond acceptors (Lipinski definition) is 3. The standard InChI is InChI=1S/C14H17N3O2/c1-10-4-5-12(8-13(10)18)14(19)16-11(2)9-17-7-3-6-15-17/h3-8,11,18H,9H2,1-2H3,(H,16,19). The van der Waals surface area contributed by atoms with E-state index >= 15 is 0 Å². The molecule has 0 bridgehead atoms. The van der Waals surface area contributed by atoms with Crippen LogP contribution in [-0.2, 0) is 6.54 Å². The number of aromatic nitrogens is 2. The Morgan fingerprint density at radius 3 is 2.95 bits per heavy atom. The predicted molar refractivity (Wildman–Crippen MR) is 72.0 cm³/mol. The Balaban J connectivity index is 1.98. The highest BCUT2D eigenvalue weighted by Gasteiger charge is 2.11. The molecule has 1 atom stereocenters. The number of carbonyl (C=O) groups excluding carboxylic acids is 1. The minimum Gasteiger partial charge on any atom is -0.508 e. The second-order valence-corrected chi connectivity index (χ2v) is 4.60. The van der Waals surface area contributed by atoms with Crippen molar-refractivity contribution in [3.63, 3.8) is 0 Å². The molecule has 0 radical (unpaired) electrons. The largest absolute Gasteiger partial charge is 0.508 e. The van der Waals surface area contributed by atoms with E-state index in [0.29, 0.717) is 12.1 Å². The van der Waals surface area contributed by atoms with E-state index in [1.807, 2.05) is 19.2 Å². The first-order valence-electron chi connectivity index (χ1n) is 6.14. The Bertz CT molecular complexity index is 564. The lowest BCUT2D eigenvalue weighted by molar-refractivity contribution is 0.0935. The smallest absolute Gasteiger partial charge is 0.251 e. The van der Waals surface area contributed by atoms with Gasteiger partial charge < -0.3 is 10.4 Å². The maximum atomic E-state index is 12.0. The van der Waals surface area contributed by atoms with Crippen molar-refractivity contribution in [1.29, 1.82) is 0 Å². The number of nitrogens with one attached hydrogen (secondary N) is 1. The van der Waals surface area contributed by atoms with Crippen molar-refractivity contribution in [1.82, 2.24) is 15.1 Å². The number of phenolic OH excluding ortho intramolecular Hbond substituents is 1. The van der Waals surface area contributed by atoms with Gasteiger partial charge >= 0.3 is 0 Å². The van der Waals surface area contributed by atoms with Crippen molar-refractivity contribution in [2.24, 2.45) is 0 Å². The fourth-order valence-electron chi connectivity index (χ4n) is 1.79. The molecule has 0 fully saturated rings. The van der Waals surface area contributed by atoms with Crippen LogP contribution in [0.25, 0.3) is 0 Å². The van der Waals surface area contributed by atoms with Crippen molar-refractivity contribution in [2.45, 2.75) is 26.4 Å². The summed E-state index contributed by atoms with van der Waals surface area (Å²) >= 11 is 0. The number of benzene rings is 1. The molecule has 1 heterocycles. The normalized spacial score (nSPS) is 12.1. The third kappa shape index (κ3) is 3.34. The third-order valence-electron chi connectivity index (χ3n) is 2.87. The van der Waals surface area contributed by atoms with Gasteiger partial charge in [-0.2, -0.15) is 5.10 Å². The summed E-state index contributed by atoms with van der Waals surface area (Å²) in [5, 5.41) is 16.6. The summed E-state index contributed by atoms with van der Waals surface area (Å²) in [6, 6.07) is 6.70. The van der Waals surface area contributed by atoms with Crippen LogP contribution in [0.15, 0.2) is 36.7 Å². The van der Waals surface area contributed by atoms with Gasteiger partial charge in [0.15, 0.2) is 0 Å². The molecule has 100 valence electrons. The van der Waals surface area contributed by atoms with Crippen molar-refractivity contribution in [3.05, 3.63) is 47.8 Å². The zero-order valence-corrected chi connectivity index (χ0v) is 11.0.